The average Bonchev–Trinajstić information content (AvgIpc) is 2.74. The molecule has 3 rings (SSSR count). The molecule has 2 aliphatic heterocycles. The number of morpholine rings is 1. The number of amides is 1. The summed E-state index contributed by atoms with van der Waals surface area (Å²) in [7, 11) is 1.58. The van der Waals surface area contributed by atoms with Crippen LogP contribution in [0.1, 0.15) is 25.3 Å². The van der Waals surface area contributed by atoms with E-state index in [1.807, 2.05) is 25.3 Å². The Balaban J connectivity index is 1.54. The highest BCUT2D eigenvalue weighted by molar-refractivity contribution is 5.82. The molecular weight excluding hydrogens is 364 g/mol. The van der Waals surface area contributed by atoms with Gasteiger partial charge in [0.1, 0.15) is 11.9 Å². The first-order valence-electron chi connectivity index (χ1n) is 10.3. The monoisotopic (exact) mass is 396 g/mol. The summed E-state index contributed by atoms with van der Waals surface area (Å²) in [4.78, 5) is 16.8. The topological polar surface area (TPSA) is 42.0 Å². The van der Waals surface area contributed by atoms with Crippen molar-refractivity contribution >= 4 is 5.91 Å². The number of likely N-dealkylation sites (tertiary alicyclic amines) is 1. The van der Waals surface area contributed by atoms with Crippen LogP contribution in [0, 0.1) is 0 Å². The minimum Gasteiger partial charge on any atom is -0.497 e. The Morgan fingerprint density at radius 3 is 2.69 bits per heavy atom. The largest absolute Gasteiger partial charge is 0.497 e. The molecule has 0 radical (unpaired) electrons. The molecular formula is C24H32N2O3. The first-order chi connectivity index (χ1) is 14.0. The predicted octanol–water partition coefficient (Wildman–Crippen LogP) is 3.54. The van der Waals surface area contributed by atoms with Crippen LogP contribution in [-0.4, -0.2) is 60.7 Å². The number of rotatable bonds is 7. The number of nitrogens with zero attached hydrogens (tertiary/aromatic N) is 2. The lowest BCUT2D eigenvalue weighted by atomic mass is 9.88. The number of carbonyl (C=O) groups excluding carboxylic acids is 1. The molecule has 1 spiro atoms. The maximum Gasteiger partial charge on any atom is 0.255 e. The summed E-state index contributed by atoms with van der Waals surface area (Å²) in [5, 5.41) is 0. The van der Waals surface area contributed by atoms with Crippen LogP contribution in [0.3, 0.4) is 0 Å². The number of piperidine rings is 1. The molecule has 2 aliphatic rings. The lowest BCUT2D eigenvalue weighted by Crippen LogP contribution is -2.60. The third kappa shape index (κ3) is 5.81. The van der Waals surface area contributed by atoms with Crippen molar-refractivity contribution in [3.8, 4) is 0 Å². The van der Waals surface area contributed by atoms with Crippen molar-refractivity contribution in [1.82, 2.24) is 9.80 Å². The molecule has 2 heterocycles. The standard InChI is InChI=1S/C24H32N2O3/c1-20(28-3)9-7-8-15-26-19-24(29-21(2)23(26)27)13-17-25(18-14-24)16-12-22-10-5-4-6-11-22/h4-11,15,21H,1,12-14,16-19H2,2-3H3/b9-7-,15-8+. The Hall–Kier alpha value is -2.37. The van der Waals surface area contributed by atoms with E-state index >= 15 is 0 Å². The third-order valence-corrected chi connectivity index (χ3v) is 5.76. The molecule has 0 aliphatic carbocycles. The fraction of sp³-hybridized carbons (Fsp3) is 0.458. The first kappa shape index (κ1) is 21.3. The molecule has 0 saturated carbocycles. The minimum absolute atomic E-state index is 0.0114. The molecule has 1 unspecified atom stereocenters. The zero-order valence-corrected chi connectivity index (χ0v) is 17.5. The van der Waals surface area contributed by atoms with E-state index in [0.29, 0.717) is 12.3 Å². The second kappa shape index (κ2) is 9.90. The minimum atomic E-state index is -0.415. The number of hydrogen-bond acceptors (Lipinski definition) is 4. The van der Waals surface area contributed by atoms with Crippen LogP contribution in [-0.2, 0) is 20.7 Å². The lowest BCUT2D eigenvalue weighted by molar-refractivity contribution is -0.184. The summed E-state index contributed by atoms with van der Waals surface area (Å²) in [5.74, 6) is 0.591. The van der Waals surface area contributed by atoms with Gasteiger partial charge in [-0.1, -0.05) is 43.0 Å². The predicted molar refractivity (Wildman–Crippen MR) is 115 cm³/mol. The second-order valence-corrected chi connectivity index (χ2v) is 7.86. The van der Waals surface area contributed by atoms with E-state index in [2.05, 4.69) is 41.8 Å². The maximum atomic E-state index is 12.5. The molecule has 5 nitrogen and oxygen atoms in total. The number of hydrogen-bond donors (Lipinski definition) is 0. The van der Waals surface area contributed by atoms with E-state index in [9.17, 15) is 4.79 Å². The molecule has 2 fully saturated rings. The van der Waals surface area contributed by atoms with Crippen molar-refractivity contribution in [2.75, 3.05) is 33.3 Å². The third-order valence-electron chi connectivity index (χ3n) is 5.76. The summed E-state index contributed by atoms with van der Waals surface area (Å²) in [5.41, 5.74) is 1.13. The number of ether oxygens (including phenoxy) is 2. The summed E-state index contributed by atoms with van der Waals surface area (Å²) in [6.07, 6.45) is 9.83. The molecule has 1 amide bonds. The van der Waals surface area contributed by atoms with Crippen molar-refractivity contribution in [2.45, 2.75) is 37.9 Å². The summed E-state index contributed by atoms with van der Waals surface area (Å²) < 4.78 is 11.2. The van der Waals surface area contributed by atoms with Gasteiger partial charge < -0.3 is 19.3 Å². The number of allylic oxidation sites excluding steroid dienone is 3. The Morgan fingerprint density at radius 1 is 1.28 bits per heavy atom. The van der Waals surface area contributed by atoms with E-state index in [0.717, 1.165) is 38.9 Å². The molecule has 156 valence electrons. The molecule has 5 heteroatoms. The van der Waals surface area contributed by atoms with E-state index in [1.165, 1.54) is 5.56 Å². The number of carbonyl (C=O) groups is 1. The van der Waals surface area contributed by atoms with Crippen LogP contribution in [0.5, 0.6) is 0 Å². The molecule has 0 bridgehead atoms. The fourth-order valence-electron chi connectivity index (χ4n) is 3.99. The molecule has 29 heavy (non-hydrogen) atoms. The Kier molecular flexibility index (Phi) is 7.29. The van der Waals surface area contributed by atoms with E-state index in [-0.39, 0.29) is 11.5 Å². The fourth-order valence-corrected chi connectivity index (χ4v) is 3.99. The Labute approximate surface area is 174 Å². The van der Waals surface area contributed by atoms with E-state index in [1.54, 1.807) is 18.1 Å². The van der Waals surface area contributed by atoms with Crippen LogP contribution in [0.4, 0.5) is 0 Å². The second-order valence-electron chi connectivity index (χ2n) is 7.86. The van der Waals surface area contributed by atoms with Crippen LogP contribution >= 0.6 is 0 Å². The molecule has 0 aromatic heterocycles. The van der Waals surface area contributed by atoms with Crippen LogP contribution in [0.25, 0.3) is 0 Å². The molecule has 1 aromatic carbocycles. The molecule has 2 saturated heterocycles. The van der Waals surface area contributed by atoms with Gasteiger partial charge in [0, 0.05) is 25.8 Å². The lowest BCUT2D eigenvalue weighted by Gasteiger charge is -2.48. The van der Waals surface area contributed by atoms with Crippen LogP contribution < -0.4 is 0 Å². The smallest absolute Gasteiger partial charge is 0.255 e. The van der Waals surface area contributed by atoms with Gasteiger partial charge >= 0.3 is 0 Å². The van der Waals surface area contributed by atoms with Gasteiger partial charge in [-0.3, -0.25) is 4.79 Å². The summed E-state index contributed by atoms with van der Waals surface area (Å²) in [6, 6.07) is 10.6. The van der Waals surface area contributed by atoms with Gasteiger partial charge in [-0.2, -0.15) is 0 Å². The number of methoxy groups -OCH3 is 1. The maximum absolute atomic E-state index is 12.5. The molecule has 0 N–H and O–H groups in total. The van der Waals surface area contributed by atoms with Crippen LogP contribution in [0.15, 0.2) is 67.1 Å². The normalized spacial score (nSPS) is 22.6. The highest BCUT2D eigenvalue weighted by atomic mass is 16.5. The van der Waals surface area contributed by atoms with Crippen molar-refractivity contribution in [3.05, 3.63) is 72.7 Å². The van der Waals surface area contributed by atoms with Crippen molar-refractivity contribution < 1.29 is 14.3 Å². The summed E-state index contributed by atoms with van der Waals surface area (Å²) >= 11 is 0. The zero-order valence-electron chi connectivity index (χ0n) is 17.5. The Bertz CT molecular complexity index is 749. The highest BCUT2D eigenvalue weighted by Crippen LogP contribution is 2.33. The van der Waals surface area contributed by atoms with Crippen molar-refractivity contribution in [3.63, 3.8) is 0 Å². The van der Waals surface area contributed by atoms with Gasteiger partial charge in [-0.15, -0.1) is 0 Å². The van der Waals surface area contributed by atoms with Crippen molar-refractivity contribution in [1.29, 1.82) is 0 Å². The SMILES string of the molecule is C=C(/C=C\C=C\N1CC2(CCN(CCc3ccccc3)CC2)OC(C)C1=O)OC. The van der Waals surface area contributed by atoms with Crippen molar-refractivity contribution in [2.24, 2.45) is 0 Å². The van der Waals surface area contributed by atoms with Gasteiger partial charge in [0.2, 0.25) is 0 Å². The number of benzene rings is 1. The molecule has 1 atom stereocenters. The van der Waals surface area contributed by atoms with E-state index < -0.39 is 6.10 Å². The van der Waals surface area contributed by atoms with E-state index in [4.69, 9.17) is 9.47 Å². The first-order valence-corrected chi connectivity index (χ1v) is 10.3. The molecule has 1 aromatic rings. The quantitative estimate of drug-likeness (QED) is 0.522. The summed E-state index contributed by atoms with van der Waals surface area (Å²) in [6.45, 7) is 9.27. The van der Waals surface area contributed by atoms with Gasteiger partial charge in [0.05, 0.1) is 19.3 Å². The van der Waals surface area contributed by atoms with Gasteiger partial charge in [-0.25, -0.2) is 0 Å². The van der Waals surface area contributed by atoms with Crippen LogP contribution in [0.2, 0.25) is 0 Å². The van der Waals surface area contributed by atoms with Gasteiger partial charge in [0.15, 0.2) is 0 Å². The average molecular weight is 397 g/mol. The van der Waals surface area contributed by atoms with Gasteiger partial charge in [-0.05, 0) is 43.9 Å². The van der Waals surface area contributed by atoms with Gasteiger partial charge in [0.25, 0.3) is 5.91 Å². The highest BCUT2D eigenvalue weighted by Gasteiger charge is 2.44. The Morgan fingerprint density at radius 2 is 2.00 bits per heavy atom. The zero-order chi connectivity index (χ0) is 20.7.